The zero-order valence-corrected chi connectivity index (χ0v) is 11.8. The SMILES string of the molecule is NS(=O)(=O)CC1CC(=O)N(c2ccnc(Br)c2)C1. The predicted octanol–water partition coefficient (Wildman–Crippen LogP) is 0.486. The summed E-state index contributed by atoms with van der Waals surface area (Å²) in [5.41, 5.74) is 0.707. The van der Waals surface area contributed by atoms with E-state index in [9.17, 15) is 13.2 Å². The van der Waals surface area contributed by atoms with Gasteiger partial charge in [-0.1, -0.05) is 0 Å². The second-order valence-corrected chi connectivity index (χ2v) is 6.71. The first-order valence-corrected chi connectivity index (χ1v) is 7.78. The number of anilines is 1. The summed E-state index contributed by atoms with van der Waals surface area (Å²) in [7, 11) is -3.55. The van der Waals surface area contributed by atoms with Crippen molar-refractivity contribution in [3.63, 3.8) is 0 Å². The molecule has 18 heavy (non-hydrogen) atoms. The first kappa shape index (κ1) is 13.4. The van der Waals surface area contributed by atoms with Crippen molar-refractivity contribution in [3.8, 4) is 0 Å². The van der Waals surface area contributed by atoms with Gasteiger partial charge in [0.25, 0.3) is 0 Å². The quantitative estimate of drug-likeness (QED) is 0.814. The number of aromatic nitrogens is 1. The molecule has 0 saturated carbocycles. The van der Waals surface area contributed by atoms with E-state index in [0.29, 0.717) is 16.8 Å². The fraction of sp³-hybridized carbons (Fsp3) is 0.400. The van der Waals surface area contributed by atoms with Crippen molar-refractivity contribution in [2.75, 3.05) is 17.2 Å². The van der Waals surface area contributed by atoms with Gasteiger partial charge in [0, 0.05) is 30.8 Å². The lowest BCUT2D eigenvalue weighted by Gasteiger charge is -2.16. The molecular weight excluding hydrogens is 322 g/mol. The van der Waals surface area contributed by atoms with E-state index in [4.69, 9.17) is 5.14 Å². The maximum atomic E-state index is 11.8. The van der Waals surface area contributed by atoms with Crippen molar-refractivity contribution in [3.05, 3.63) is 22.9 Å². The highest BCUT2D eigenvalue weighted by Crippen LogP contribution is 2.26. The van der Waals surface area contributed by atoms with Crippen LogP contribution in [0.3, 0.4) is 0 Å². The summed E-state index contributed by atoms with van der Waals surface area (Å²) < 4.78 is 22.7. The topological polar surface area (TPSA) is 93.4 Å². The first-order valence-electron chi connectivity index (χ1n) is 5.27. The second kappa shape index (κ2) is 4.94. The third-order valence-corrected chi connectivity index (χ3v) is 4.06. The molecule has 0 bridgehead atoms. The number of hydrogen-bond acceptors (Lipinski definition) is 4. The van der Waals surface area contributed by atoms with Crippen LogP contribution >= 0.6 is 15.9 Å². The summed E-state index contributed by atoms with van der Waals surface area (Å²) >= 11 is 3.23. The van der Waals surface area contributed by atoms with Gasteiger partial charge in [-0.3, -0.25) is 4.79 Å². The third kappa shape index (κ3) is 3.27. The van der Waals surface area contributed by atoms with E-state index < -0.39 is 10.0 Å². The molecule has 2 N–H and O–H groups in total. The van der Waals surface area contributed by atoms with Gasteiger partial charge in [0.2, 0.25) is 15.9 Å². The molecule has 0 radical (unpaired) electrons. The lowest BCUT2D eigenvalue weighted by molar-refractivity contribution is -0.117. The number of rotatable bonds is 3. The number of primary sulfonamides is 1. The van der Waals surface area contributed by atoms with Gasteiger partial charge in [0.05, 0.1) is 5.75 Å². The Morgan fingerprint density at radius 2 is 2.28 bits per heavy atom. The third-order valence-electron chi connectivity index (χ3n) is 2.69. The van der Waals surface area contributed by atoms with E-state index in [-0.39, 0.29) is 24.0 Å². The van der Waals surface area contributed by atoms with Crippen LogP contribution in [0.25, 0.3) is 0 Å². The van der Waals surface area contributed by atoms with Crippen LogP contribution in [0.5, 0.6) is 0 Å². The minimum atomic E-state index is -3.55. The van der Waals surface area contributed by atoms with Gasteiger partial charge in [0.15, 0.2) is 0 Å². The van der Waals surface area contributed by atoms with E-state index >= 15 is 0 Å². The molecule has 1 aliphatic rings. The largest absolute Gasteiger partial charge is 0.312 e. The Morgan fingerprint density at radius 3 is 2.89 bits per heavy atom. The smallest absolute Gasteiger partial charge is 0.227 e. The Bertz CT molecular complexity index is 575. The molecule has 1 atom stereocenters. The fourth-order valence-corrected chi connectivity index (χ4v) is 3.26. The predicted molar refractivity (Wildman–Crippen MR) is 70.4 cm³/mol. The molecule has 8 heteroatoms. The van der Waals surface area contributed by atoms with Gasteiger partial charge >= 0.3 is 0 Å². The van der Waals surface area contributed by atoms with E-state index in [1.807, 2.05) is 0 Å². The lowest BCUT2D eigenvalue weighted by atomic mass is 10.1. The van der Waals surface area contributed by atoms with E-state index in [1.54, 1.807) is 23.2 Å². The number of carbonyl (C=O) groups excluding carboxylic acids is 1. The summed E-state index contributed by atoms with van der Waals surface area (Å²) in [5.74, 6) is -0.511. The number of halogens is 1. The molecule has 2 rings (SSSR count). The van der Waals surface area contributed by atoms with Crippen molar-refractivity contribution >= 4 is 37.5 Å². The van der Waals surface area contributed by atoms with Crippen LogP contribution in [0.2, 0.25) is 0 Å². The van der Waals surface area contributed by atoms with Gasteiger partial charge < -0.3 is 4.90 Å². The Kier molecular flexibility index (Phi) is 3.69. The Labute approximate surface area is 113 Å². The number of pyridine rings is 1. The molecule has 0 spiro atoms. The molecular formula is C10H12BrN3O3S. The zero-order chi connectivity index (χ0) is 13.3. The highest BCUT2D eigenvalue weighted by Gasteiger charge is 2.32. The molecule has 1 aliphatic heterocycles. The highest BCUT2D eigenvalue weighted by molar-refractivity contribution is 9.10. The van der Waals surface area contributed by atoms with Crippen LogP contribution in [0.15, 0.2) is 22.9 Å². The maximum Gasteiger partial charge on any atom is 0.227 e. The minimum Gasteiger partial charge on any atom is -0.312 e. The van der Waals surface area contributed by atoms with E-state index in [1.165, 1.54) is 0 Å². The number of nitrogens with two attached hydrogens (primary N) is 1. The summed E-state index contributed by atoms with van der Waals surface area (Å²) in [6.07, 6.45) is 1.79. The van der Waals surface area contributed by atoms with Gasteiger partial charge in [-0.15, -0.1) is 0 Å². The molecule has 1 amide bonds. The molecule has 1 fully saturated rings. The summed E-state index contributed by atoms with van der Waals surface area (Å²) in [4.78, 5) is 17.4. The summed E-state index contributed by atoms with van der Waals surface area (Å²) in [6.45, 7) is 0.367. The van der Waals surface area contributed by atoms with E-state index in [0.717, 1.165) is 0 Å². The molecule has 6 nitrogen and oxygen atoms in total. The highest BCUT2D eigenvalue weighted by atomic mass is 79.9. The molecule has 0 aromatic carbocycles. The molecule has 98 valence electrons. The fourth-order valence-electron chi connectivity index (χ4n) is 2.03. The van der Waals surface area contributed by atoms with Crippen LogP contribution in [-0.4, -0.2) is 31.6 Å². The number of amides is 1. The van der Waals surface area contributed by atoms with Crippen molar-refractivity contribution in [1.82, 2.24) is 4.98 Å². The Balaban J connectivity index is 2.15. The van der Waals surface area contributed by atoms with Gasteiger partial charge in [0.1, 0.15) is 4.60 Å². The van der Waals surface area contributed by atoms with Crippen LogP contribution < -0.4 is 10.0 Å². The Morgan fingerprint density at radius 1 is 1.56 bits per heavy atom. The number of hydrogen-bond donors (Lipinski definition) is 1. The maximum absolute atomic E-state index is 11.8. The van der Waals surface area contributed by atoms with Crippen molar-refractivity contribution < 1.29 is 13.2 Å². The van der Waals surface area contributed by atoms with Crippen LogP contribution in [0.4, 0.5) is 5.69 Å². The molecule has 1 unspecified atom stereocenters. The Hall–Kier alpha value is -0.990. The number of nitrogens with zero attached hydrogens (tertiary/aromatic N) is 2. The zero-order valence-electron chi connectivity index (χ0n) is 9.41. The number of carbonyl (C=O) groups is 1. The van der Waals surface area contributed by atoms with Gasteiger partial charge in [-0.2, -0.15) is 0 Å². The first-order chi connectivity index (χ1) is 8.35. The normalized spacial score (nSPS) is 20.4. The van der Waals surface area contributed by atoms with Crippen LogP contribution in [0, 0.1) is 5.92 Å². The average molecular weight is 334 g/mol. The summed E-state index contributed by atoms with van der Waals surface area (Å²) in [6, 6.07) is 3.43. The lowest BCUT2D eigenvalue weighted by Crippen LogP contribution is -2.27. The molecule has 0 aliphatic carbocycles. The van der Waals surface area contributed by atoms with Crippen LogP contribution in [0.1, 0.15) is 6.42 Å². The van der Waals surface area contributed by atoms with Crippen molar-refractivity contribution in [2.45, 2.75) is 6.42 Å². The number of sulfonamides is 1. The average Bonchev–Trinajstić information content (AvgIpc) is 2.56. The van der Waals surface area contributed by atoms with Crippen molar-refractivity contribution in [2.24, 2.45) is 11.1 Å². The van der Waals surface area contributed by atoms with Gasteiger partial charge in [-0.25, -0.2) is 18.5 Å². The standard InChI is InChI=1S/C10H12BrN3O3S/c11-9-4-8(1-2-13-9)14-5-7(3-10(14)15)6-18(12,16)17/h1-2,4,7H,3,5-6H2,(H2,12,16,17). The summed E-state index contributed by atoms with van der Waals surface area (Å²) in [5, 5.41) is 4.99. The molecule has 2 heterocycles. The monoisotopic (exact) mass is 333 g/mol. The molecule has 1 aromatic heterocycles. The molecule has 1 saturated heterocycles. The van der Waals surface area contributed by atoms with Crippen LogP contribution in [-0.2, 0) is 14.8 Å². The van der Waals surface area contributed by atoms with Crippen molar-refractivity contribution in [1.29, 1.82) is 0 Å². The second-order valence-electron chi connectivity index (χ2n) is 4.24. The minimum absolute atomic E-state index is 0.0956. The molecule has 1 aromatic rings. The van der Waals surface area contributed by atoms with Gasteiger partial charge in [-0.05, 0) is 28.1 Å². The van der Waals surface area contributed by atoms with E-state index in [2.05, 4.69) is 20.9 Å².